The molecule has 0 saturated carbocycles. The predicted molar refractivity (Wildman–Crippen MR) is 71.5 cm³/mol. The van der Waals surface area contributed by atoms with Gasteiger partial charge in [0.05, 0.1) is 17.8 Å². The standard InChI is InChI=1S/C11H12BrN3O2S/c1-8-2-3-11(10(12)4-8)18(16,17)15-6-9-5-13-7-14-9/h2-5,7,15H,6H2,1H3,(H,13,14). The Morgan fingerprint density at radius 1 is 1.44 bits per heavy atom. The first kappa shape index (κ1) is 13.3. The van der Waals surface area contributed by atoms with Crippen molar-refractivity contribution in [3.05, 3.63) is 46.5 Å². The molecular formula is C11H12BrN3O2S. The third-order valence-electron chi connectivity index (χ3n) is 2.38. The Hall–Kier alpha value is -1.18. The molecule has 0 saturated heterocycles. The van der Waals surface area contributed by atoms with E-state index in [0.29, 0.717) is 10.2 Å². The van der Waals surface area contributed by atoms with Gasteiger partial charge in [-0.1, -0.05) is 6.07 Å². The molecule has 1 aromatic heterocycles. The third-order valence-corrected chi connectivity index (χ3v) is 4.76. The first-order chi connectivity index (χ1) is 8.49. The summed E-state index contributed by atoms with van der Waals surface area (Å²) in [5.41, 5.74) is 1.70. The maximum atomic E-state index is 12.1. The second-order valence-corrected chi connectivity index (χ2v) is 6.42. The van der Waals surface area contributed by atoms with Crippen LogP contribution in [-0.4, -0.2) is 18.4 Å². The summed E-state index contributed by atoms with van der Waals surface area (Å²) in [6.07, 6.45) is 3.08. The van der Waals surface area contributed by atoms with Crippen LogP contribution in [0, 0.1) is 6.92 Å². The topological polar surface area (TPSA) is 74.8 Å². The maximum absolute atomic E-state index is 12.1. The molecule has 7 heteroatoms. The van der Waals surface area contributed by atoms with Crippen LogP contribution in [0.25, 0.3) is 0 Å². The van der Waals surface area contributed by atoms with Crippen LogP contribution in [0.1, 0.15) is 11.3 Å². The molecule has 2 rings (SSSR count). The average Bonchev–Trinajstić information content (AvgIpc) is 2.78. The molecule has 1 heterocycles. The molecule has 1 aromatic carbocycles. The first-order valence-corrected chi connectivity index (χ1v) is 7.50. The van der Waals surface area contributed by atoms with E-state index in [0.717, 1.165) is 5.56 Å². The quantitative estimate of drug-likeness (QED) is 0.900. The summed E-state index contributed by atoms with van der Waals surface area (Å²) in [5, 5.41) is 0. The van der Waals surface area contributed by atoms with E-state index in [2.05, 4.69) is 30.6 Å². The zero-order valence-electron chi connectivity index (χ0n) is 9.64. The summed E-state index contributed by atoms with van der Waals surface area (Å²) in [4.78, 5) is 6.89. The van der Waals surface area contributed by atoms with E-state index in [1.54, 1.807) is 24.4 Å². The van der Waals surface area contributed by atoms with Gasteiger partial charge in [-0.25, -0.2) is 18.1 Å². The number of aromatic amines is 1. The zero-order chi connectivity index (χ0) is 13.2. The number of nitrogens with zero attached hydrogens (tertiary/aromatic N) is 1. The minimum atomic E-state index is -3.53. The van der Waals surface area contributed by atoms with E-state index in [1.807, 2.05) is 6.92 Å². The van der Waals surface area contributed by atoms with Gasteiger partial charge in [0, 0.05) is 16.4 Å². The third kappa shape index (κ3) is 2.98. The molecule has 0 aliphatic rings. The van der Waals surface area contributed by atoms with Crippen LogP contribution in [0.2, 0.25) is 0 Å². The van der Waals surface area contributed by atoms with Crippen molar-refractivity contribution >= 4 is 26.0 Å². The molecule has 5 nitrogen and oxygen atoms in total. The lowest BCUT2D eigenvalue weighted by molar-refractivity contribution is 0.580. The molecule has 0 aliphatic heterocycles. The van der Waals surface area contributed by atoms with E-state index < -0.39 is 10.0 Å². The van der Waals surface area contributed by atoms with Gasteiger partial charge in [0.1, 0.15) is 0 Å². The Kier molecular flexibility index (Phi) is 3.84. The van der Waals surface area contributed by atoms with Crippen molar-refractivity contribution in [2.24, 2.45) is 0 Å². The molecule has 2 aromatic rings. The summed E-state index contributed by atoms with van der Waals surface area (Å²) in [5.74, 6) is 0. The van der Waals surface area contributed by atoms with Gasteiger partial charge in [0.15, 0.2) is 0 Å². The summed E-state index contributed by atoms with van der Waals surface area (Å²) in [7, 11) is -3.53. The van der Waals surface area contributed by atoms with Crippen molar-refractivity contribution in [2.75, 3.05) is 0 Å². The van der Waals surface area contributed by atoms with Gasteiger partial charge in [0.2, 0.25) is 10.0 Å². The van der Waals surface area contributed by atoms with Crippen molar-refractivity contribution < 1.29 is 8.42 Å². The van der Waals surface area contributed by atoms with Gasteiger partial charge in [-0.15, -0.1) is 0 Å². The van der Waals surface area contributed by atoms with E-state index in [-0.39, 0.29) is 11.4 Å². The van der Waals surface area contributed by atoms with Crippen molar-refractivity contribution in [1.29, 1.82) is 0 Å². The van der Waals surface area contributed by atoms with E-state index in [1.165, 1.54) is 6.33 Å². The number of halogens is 1. The Balaban J connectivity index is 2.20. The molecule has 0 amide bonds. The Morgan fingerprint density at radius 2 is 2.22 bits per heavy atom. The molecule has 0 fully saturated rings. The van der Waals surface area contributed by atoms with E-state index >= 15 is 0 Å². The Labute approximate surface area is 114 Å². The number of H-pyrrole nitrogens is 1. The summed E-state index contributed by atoms with van der Waals surface area (Å²) in [6, 6.07) is 5.11. The molecule has 0 radical (unpaired) electrons. The molecule has 0 unspecified atom stereocenters. The SMILES string of the molecule is Cc1ccc(S(=O)(=O)NCc2cnc[nH]2)c(Br)c1. The second kappa shape index (κ2) is 5.21. The van der Waals surface area contributed by atoms with Gasteiger partial charge in [-0.05, 0) is 40.5 Å². The molecule has 18 heavy (non-hydrogen) atoms. The van der Waals surface area contributed by atoms with Crippen molar-refractivity contribution in [2.45, 2.75) is 18.4 Å². The molecular weight excluding hydrogens is 318 g/mol. The number of benzene rings is 1. The molecule has 0 atom stereocenters. The van der Waals surface area contributed by atoms with Gasteiger partial charge in [-0.3, -0.25) is 0 Å². The van der Waals surface area contributed by atoms with E-state index in [4.69, 9.17) is 0 Å². The highest BCUT2D eigenvalue weighted by molar-refractivity contribution is 9.10. The van der Waals surface area contributed by atoms with E-state index in [9.17, 15) is 8.42 Å². The van der Waals surface area contributed by atoms with Gasteiger partial charge in [-0.2, -0.15) is 0 Å². The molecule has 96 valence electrons. The van der Waals surface area contributed by atoms with Crippen LogP contribution < -0.4 is 4.72 Å². The lowest BCUT2D eigenvalue weighted by Crippen LogP contribution is -2.23. The van der Waals surface area contributed by atoms with Crippen LogP contribution >= 0.6 is 15.9 Å². The zero-order valence-corrected chi connectivity index (χ0v) is 12.0. The normalized spacial score (nSPS) is 11.7. The lowest BCUT2D eigenvalue weighted by atomic mass is 10.2. The Morgan fingerprint density at radius 3 is 2.83 bits per heavy atom. The fraction of sp³-hybridized carbons (Fsp3) is 0.182. The second-order valence-electron chi connectivity index (χ2n) is 3.84. The average molecular weight is 330 g/mol. The Bertz CT molecular complexity index is 638. The van der Waals surface area contributed by atoms with Crippen LogP contribution in [-0.2, 0) is 16.6 Å². The summed E-state index contributed by atoms with van der Waals surface area (Å²) < 4.78 is 27.2. The number of nitrogens with one attached hydrogen (secondary N) is 2. The summed E-state index contributed by atoms with van der Waals surface area (Å²) >= 11 is 3.26. The fourth-order valence-electron chi connectivity index (χ4n) is 1.46. The highest BCUT2D eigenvalue weighted by Gasteiger charge is 2.17. The molecule has 0 spiro atoms. The monoisotopic (exact) mass is 329 g/mol. The highest BCUT2D eigenvalue weighted by atomic mass is 79.9. The van der Waals surface area contributed by atoms with Crippen molar-refractivity contribution in [3.63, 3.8) is 0 Å². The smallest absolute Gasteiger partial charge is 0.242 e. The number of imidazole rings is 1. The van der Waals surface area contributed by atoms with Gasteiger partial charge < -0.3 is 4.98 Å². The van der Waals surface area contributed by atoms with Crippen LogP contribution in [0.5, 0.6) is 0 Å². The van der Waals surface area contributed by atoms with Gasteiger partial charge >= 0.3 is 0 Å². The lowest BCUT2D eigenvalue weighted by Gasteiger charge is -2.08. The van der Waals surface area contributed by atoms with Crippen LogP contribution in [0.3, 0.4) is 0 Å². The summed E-state index contributed by atoms with van der Waals surface area (Å²) in [6.45, 7) is 2.09. The number of sulfonamides is 1. The van der Waals surface area contributed by atoms with Crippen LogP contribution in [0.4, 0.5) is 0 Å². The van der Waals surface area contributed by atoms with Crippen LogP contribution in [0.15, 0.2) is 40.1 Å². The molecule has 0 bridgehead atoms. The number of aromatic nitrogens is 2. The number of hydrogen-bond donors (Lipinski definition) is 2. The highest BCUT2D eigenvalue weighted by Crippen LogP contribution is 2.22. The largest absolute Gasteiger partial charge is 0.347 e. The predicted octanol–water partition coefficient (Wildman–Crippen LogP) is 1.96. The number of aryl methyl sites for hydroxylation is 1. The molecule has 2 N–H and O–H groups in total. The molecule has 0 aliphatic carbocycles. The first-order valence-electron chi connectivity index (χ1n) is 5.22. The van der Waals surface area contributed by atoms with Gasteiger partial charge in [0.25, 0.3) is 0 Å². The minimum absolute atomic E-state index is 0.183. The van der Waals surface area contributed by atoms with Crippen molar-refractivity contribution in [3.8, 4) is 0 Å². The fourth-order valence-corrected chi connectivity index (χ4v) is 3.65. The minimum Gasteiger partial charge on any atom is -0.347 e. The number of hydrogen-bond acceptors (Lipinski definition) is 3. The maximum Gasteiger partial charge on any atom is 0.242 e. The number of rotatable bonds is 4. The van der Waals surface area contributed by atoms with Crippen molar-refractivity contribution in [1.82, 2.24) is 14.7 Å².